The van der Waals surface area contributed by atoms with Crippen LogP contribution in [0.5, 0.6) is 0 Å². The lowest BCUT2D eigenvalue weighted by Gasteiger charge is -2.45. The lowest BCUT2D eigenvalue weighted by Crippen LogP contribution is -2.57. The summed E-state index contributed by atoms with van der Waals surface area (Å²) in [7, 11) is 1.59. The molecular weight excluding hydrogens is 558 g/mol. The number of carbonyl (C=O) groups is 4. The number of hydrogen-bond acceptors (Lipinski definition) is 10. The lowest BCUT2D eigenvalue weighted by molar-refractivity contribution is -0.282. The molecule has 3 N–H and O–H groups in total. The van der Waals surface area contributed by atoms with E-state index in [1.807, 2.05) is 6.92 Å². The second-order valence-electron chi connectivity index (χ2n) is 12.2. The van der Waals surface area contributed by atoms with Crippen molar-refractivity contribution in [1.29, 1.82) is 0 Å². The quantitative estimate of drug-likeness (QED) is 0.289. The number of ether oxygens (including phenoxy) is 3. The summed E-state index contributed by atoms with van der Waals surface area (Å²) >= 11 is 0. The Morgan fingerprint density at radius 3 is 2.42 bits per heavy atom. The van der Waals surface area contributed by atoms with Crippen LogP contribution in [-0.4, -0.2) is 101 Å². The first kappa shape index (κ1) is 36.8. The Morgan fingerprint density at radius 2 is 1.84 bits per heavy atom. The van der Waals surface area contributed by atoms with Crippen molar-refractivity contribution in [2.24, 2.45) is 23.7 Å². The van der Waals surface area contributed by atoms with E-state index in [0.29, 0.717) is 18.4 Å². The van der Waals surface area contributed by atoms with Crippen LogP contribution in [-0.2, 0) is 33.4 Å². The first-order chi connectivity index (χ1) is 20.2. The van der Waals surface area contributed by atoms with E-state index in [4.69, 9.17) is 14.2 Å². The summed E-state index contributed by atoms with van der Waals surface area (Å²) in [5.74, 6) is -3.42. The molecule has 2 rings (SSSR count). The predicted octanol–water partition coefficient (Wildman–Crippen LogP) is 2.35. The maximum absolute atomic E-state index is 13.1. The number of aliphatic hydroxyl groups excluding tert-OH is 3. The number of cyclic esters (lactones) is 1. The second-order valence-corrected chi connectivity index (χ2v) is 12.2. The monoisotopic (exact) mass is 609 g/mol. The number of aldehydes is 1. The fraction of sp³-hybridized carbons (Fsp3) is 0.750. The smallest absolute Gasteiger partial charge is 0.308 e. The molecule has 0 aliphatic carbocycles. The largest absolute Gasteiger partial charge is 0.462 e. The van der Waals surface area contributed by atoms with Gasteiger partial charge in [-0.1, -0.05) is 38.5 Å². The molecule has 1 amide bonds. The third-order valence-electron chi connectivity index (χ3n) is 8.77. The number of nitrogens with zero attached hydrogens (tertiary/aromatic N) is 1. The summed E-state index contributed by atoms with van der Waals surface area (Å²) in [6.07, 6.45) is 0.599. The van der Waals surface area contributed by atoms with Gasteiger partial charge in [-0.3, -0.25) is 14.4 Å². The Kier molecular flexibility index (Phi) is 14.7. The molecule has 2 aliphatic rings. The van der Waals surface area contributed by atoms with Crippen molar-refractivity contribution in [3.05, 3.63) is 23.8 Å². The summed E-state index contributed by atoms with van der Waals surface area (Å²) < 4.78 is 18.0. The van der Waals surface area contributed by atoms with E-state index in [-0.39, 0.29) is 43.7 Å². The minimum absolute atomic E-state index is 0.00231. The van der Waals surface area contributed by atoms with Crippen molar-refractivity contribution in [3.63, 3.8) is 0 Å². The van der Waals surface area contributed by atoms with Gasteiger partial charge in [0.1, 0.15) is 18.5 Å². The van der Waals surface area contributed by atoms with Gasteiger partial charge < -0.3 is 39.2 Å². The minimum atomic E-state index is -1.26. The van der Waals surface area contributed by atoms with Gasteiger partial charge in [0.25, 0.3) is 0 Å². The van der Waals surface area contributed by atoms with Crippen LogP contribution in [0, 0.1) is 23.7 Å². The molecule has 0 saturated carbocycles. The van der Waals surface area contributed by atoms with Crippen molar-refractivity contribution < 1.29 is 48.7 Å². The number of likely N-dealkylation sites (N-methyl/N-ethyl adjacent to an activating group) is 1. The normalized spacial score (nSPS) is 38.8. The van der Waals surface area contributed by atoms with Crippen LogP contribution >= 0.6 is 0 Å². The summed E-state index contributed by atoms with van der Waals surface area (Å²) in [6, 6.07) is -0.593. The van der Waals surface area contributed by atoms with E-state index in [9.17, 15) is 34.5 Å². The van der Waals surface area contributed by atoms with Crippen LogP contribution in [0.1, 0.15) is 73.6 Å². The van der Waals surface area contributed by atoms with Gasteiger partial charge in [0.2, 0.25) is 5.91 Å². The standard InChI is InChI=1S/C32H51NO10/c1-8-28-24(17-35)13-18(2)9-10-26(37)19(3)14-23(11-12-34)31(21(5)27(38)16-29(39)42-28)43-32-30(40)25(15-20(4)41-32)33(7)22(6)36/h9-10,12-13,19-21,23-25,27-28,30-32,35,38,40H,8,11,14-17H2,1-7H3/b10-9+,18-13+/t19-,20-,21+,23+,24-,25+,27-,28-,30-,31-,32+/m1/s1. The topological polar surface area (TPSA) is 160 Å². The van der Waals surface area contributed by atoms with Gasteiger partial charge >= 0.3 is 5.97 Å². The van der Waals surface area contributed by atoms with Crippen molar-refractivity contribution >= 4 is 23.9 Å². The highest BCUT2D eigenvalue weighted by molar-refractivity contribution is 5.91. The number of ketones is 1. The minimum Gasteiger partial charge on any atom is -0.462 e. The molecule has 0 aromatic rings. The molecule has 43 heavy (non-hydrogen) atoms. The summed E-state index contributed by atoms with van der Waals surface area (Å²) in [5.41, 5.74) is 0.711. The Balaban J connectivity index is 2.51. The lowest BCUT2D eigenvalue weighted by atomic mass is 9.79. The van der Waals surface area contributed by atoms with E-state index in [1.165, 1.54) is 17.9 Å². The molecule has 1 fully saturated rings. The highest BCUT2D eigenvalue weighted by atomic mass is 16.7. The van der Waals surface area contributed by atoms with Crippen molar-refractivity contribution in [1.82, 2.24) is 4.90 Å². The molecule has 1 saturated heterocycles. The molecule has 0 aromatic heterocycles. The fourth-order valence-electron chi connectivity index (χ4n) is 5.95. The molecule has 11 atom stereocenters. The molecule has 0 bridgehead atoms. The number of carbonyl (C=O) groups excluding carboxylic acids is 4. The number of rotatable bonds is 7. The van der Waals surface area contributed by atoms with Crippen LogP contribution in [0.25, 0.3) is 0 Å². The van der Waals surface area contributed by atoms with E-state index in [2.05, 4.69) is 0 Å². The van der Waals surface area contributed by atoms with Crippen LogP contribution in [0.3, 0.4) is 0 Å². The van der Waals surface area contributed by atoms with Crippen LogP contribution < -0.4 is 0 Å². The van der Waals surface area contributed by atoms with Gasteiger partial charge in [0.05, 0.1) is 37.4 Å². The molecule has 0 unspecified atom stereocenters. The van der Waals surface area contributed by atoms with Crippen LogP contribution in [0.4, 0.5) is 0 Å². The molecule has 0 radical (unpaired) electrons. The molecule has 244 valence electrons. The van der Waals surface area contributed by atoms with Gasteiger partial charge in [-0.25, -0.2) is 0 Å². The van der Waals surface area contributed by atoms with Crippen molar-refractivity contribution in [2.45, 2.75) is 116 Å². The van der Waals surface area contributed by atoms with Crippen molar-refractivity contribution in [2.75, 3.05) is 13.7 Å². The number of hydrogen-bond donors (Lipinski definition) is 3. The van der Waals surface area contributed by atoms with Crippen LogP contribution in [0.15, 0.2) is 23.8 Å². The average Bonchev–Trinajstić information content (AvgIpc) is 2.96. The zero-order valence-electron chi connectivity index (χ0n) is 26.5. The average molecular weight is 610 g/mol. The van der Waals surface area contributed by atoms with Gasteiger partial charge in [-0.05, 0) is 45.1 Å². The highest BCUT2D eigenvalue weighted by Gasteiger charge is 2.44. The fourth-order valence-corrected chi connectivity index (χ4v) is 5.95. The predicted molar refractivity (Wildman–Crippen MR) is 158 cm³/mol. The van der Waals surface area contributed by atoms with Gasteiger partial charge in [-0.2, -0.15) is 0 Å². The third-order valence-corrected chi connectivity index (χ3v) is 8.77. The van der Waals surface area contributed by atoms with E-state index < -0.39 is 66.4 Å². The first-order valence-electron chi connectivity index (χ1n) is 15.3. The van der Waals surface area contributed by atoms with Crippen LogP contribution in [0.2, 0.25) is 0 Å². The van der Waals surface area contributed by atoms with Crippen molar-refractivity contribution in [3.8, 4) is 0 Å². The molecule has 11 heteroatoms. The number of esters is 1. The van der Waals surface area contributed by atoms with E-state index in [1.54, 1.807) is 46.9 Å². The number of allylic oxidation sites excluding steroid dienone is 3. The molecule has 11 nitrogen and oxygen atoms in total. The van der Waals surface area contributed by atoms with E-state index >= 15 is 0 Å². The molecule has 2 aliphatic heterocycles. The summed E-state index contributed by atoms with van der Waals surface area (Å²) in [4.78, 5) is 51.5. The van der Waals surface area contributed by atoms with Gasteiger partial charge in [0, 0.05) is 38.1 Å². The molecule has 2 heterocycles. The third kappa shape index (κ3) is 10.3. The number of aliphatic hydroxyl groups is 3. The molecule has 0 aromatic carbocycles. The SMILES string of the molecule is CC[C@H]1OC(=O)C[C@@H](O)[C@H](C)[C@@H](O[C@@H]2O[C@H](C)C[C@H](N(C)C(C)=O)[C@H]2O)[C@@H](CC=O)C[C@@H](C)C(=O)/C=C/C(C)=C/[C@@H]1CO. The van der Waals surface area contributed by atoms with E-state index in [0.717, 1.165) is 6.29 Å². The maximum atomic E-state index is 13.1. The number of amides is 1. The zero-order valence-corrected chi connectivity index (χ0v) is 26.5. The maximum Gasteiger partial charge on any atom is 0.308 e. The molecular formula is C32H51NO10. The van der Waals surface area contributed by atoms with Gasteiger partial charge in [-0.15, -0.1) is 0 Å². The zero-order chi connectivity index (χ0) is 32.4. The Morgan fingerprint density at radius 1 is 1.16 bits per heavy atom. The Hall–Kier alpha value is -2.44. The summed E-state index contributed by atoms with van der Waals surface area (Å²) in [6.45, 7) is 9.96. The molecule has 0 spiro atoms. The first-order valence-corrected chi connectivity index (χ1v) is 15.3. The Bertz CT molecular complexity index is 1010. The highest BCUT2D eigenvalue weighted by Crippen LogP contribution is 2.34. The second kappa shape index (κ2) is 17.2. The summed E-state index contributed by atoms with van der Waals surface area (Å²) in [5, 5.41) is 32.5. The van der Waals surface area contributed by atoms with Gasteiger partial charge in [0.15, 0.2) is 12.1 Å². The Labute approximate surface area is 255 Å².